The first-order valence-corrected chi connectivity index (χ1v) is 12.3. The van der Waals surface area contributed by atoms with Crippen molar-refractivity contribution in [2.24, 2.45) is 4.99 Å². The second-order valence-corrected chi connectivity index (χ2v) is 9.11. The van der Waals surface area contributed by atoms with Crippen molar-refractivity contribution in [1.82, 2.24) is 9.88 Å². The van der Waals surface area contributed by atoms with E-state index < -0.39 is 0 Å². The van der Waals surface area contributed by atoms with Crippen molar-refractivity contribution in [2.45, 2.75) is 19.3 Å². The molecule has 1 aliphatic rings. The molecule has 7 nitrogen and oxygen atoms in total. The molecule has 184 valence electrons. The van der Waals surface area contributed by atoms with Crippen LogP contribution in [0.3, 0.4) is 0 Å². The molecule has 0 amide bonds. The highest BCUT2D eigenvalue weighted by Crippen LogP contribution is 2.28. The van der Waals surface area contributed by atoms with Crippen LogP contribution in [0.25, 0.3) is 10.9 Å². The quantitative estimate of drug-likeness (QED) is 0.180. The molecular formula is C29H30N4O3. The first-order valence-electron chi connectivity index (χ1n) is 12.3. The summed E-state index contributed by atoms with van der Waals surface area (Å²) < 4.78 is 5.89. The Morgan fingerprint density at radius 2 is 1.81 bits per heavy atom. The number of aromatic nitrogens is 1. The minimum Gasteiger partial charge on any atom is -0.494 e. The lowest BCUT2D eigenvalue weighted by molar-refractivity contribution is 0.103. The number of carbonyl (C=O) groups excluding carboxylic acids is 1. The van der Waals surface area contributed by atoms with E-state index in [4.69, 9.17) is 10.5 Å². The van der Waals surface area contributed by atoms with Crippen molar-refractivity contribution in [3.63, 3.8) is 0 Å². The molecule has 0 aliphatic carbocycles. The summed E-state index contributed by atoms with van der Waals surface area (Å²) in [5.74, 6) is 0.685. The highest BCUT2D eigenvalue weighted by atomic mass is 16.5. The summed E-state index contributed by atoms with van der Waals surface area (Å²) in [7, 11) is 0. The van der Waals surface area contributed by atoms with E-state index in [1.54, 1.807) is 42.6 Å². The summed E-state index contributed by atoms with van der Waals surface area (Å²) in [5, 5.41) is 11.2. The van der Waals surface area contributed by atoms with Gasteiger partial charge in [-0.2, -0.15) is 0 Å². The number of nitrogens with two attached hydrogens (primary N) is 1. The van der Waals surface area contributed by atoms with Gasteiger partial charge in [0.2, 0.25) is 0 Å². The molecular weight excluding hydrogens is 452 g/mol. The van der Waals surface area contributed by atoms with E-state index in [-0.39, 0.29) is 11.7 Å². The summed E-state index contributed by atoms with van der Waals surface area (Å²) >= 11 is 0. The van der Waals surface area contributed by atoms with E-state index in [1.807, 2.05) is 30.3 Å². The number of likely N-dealkylation sites (tertiary alicyclic amines) is 1. The van der Waals surface area contributed by atoms with Crippen LogP contribution in [0.1, 0.15) is 40.7 Å². The van der Waals surface area contributed by atoms with Crippen LogP contribution in [-0.2, 0) is 0 Å². The highest BCUT2D eigenvalue weighted by Gasteiger charge is 2.14. The summed E-state index contributed by atoms with van der Waals surface area (Å²) in [6.07, 6.45) is 5.52. The van der Waals surface area contributed by atoms with Gasteiger partial charge >= 0.3 is 0 Å². The van der Waals surface area contributed by atoms with Crippen molar-refractivity contribution in [2.75, 3.05) is 32.0 Å². The van der Waals surface area contributed by atoms with Crippen LogP contribution < -0.4 is 10.5 Å². The minimum absolute atomic E-state index is 0.0000271. The maximum absolute atomic E-state index is 12.8. The lowest BCUT2D eigenvalue weighted by Gasteiger charge is -2.26. The fourth-order valence-electron chi connectivity index (χ4n) is 4.57. The van der Waals surface area contributed by atoms with Crippen molar-refractivity contribution < 1.29 is 14.6 Å². The molecule has 1 saturated heterocycles. The molecule has 2 heterocycles. The number of carbonyl (C=O) groups is 1. The van der Waals surface area contributed by atoms with Crippen LogP contribution in [0, 0.1) is 0 Å². The number of aromatic hydroxyl groups is 1. The van der Waals surface area contributed by atoms with Crippen molar-refractivity contribution in [1.29, 1.82) is 0 Å². The number of H-pyrrole nitrogens is 1. The van der Waals surface area contributed by atoms with E-state index in [1.165, 1.54) is 19.3 Å². The number of rotatable bonds is 8. The van der Waals surface area contributed by atoms with Gasteiger partial charge < -0.3 is 20.6 Å². The molecule has 0 atom stereocenters. The number of fused-ring (bicyclic) bond motifs is 1. The third-order valence-corrected chi connectivity index (χ3v) is 6.53. The standard InChI is InChI=1S/C29H30N4O3/c30-22-6-4-5-20(17-22)28(34)21-7-12-25-26(29(35)32-27(25)18-21)19-31-23-8-10-24(11-9-23)36-16-15-33-13-2-1-3-14-33/h4-12,17-19,32,35H,1-3,13-16,30H2. The lowest BCUT2D eigenvalue weighted by atomic mass is 10.0. The maximum Gasteiger partial charge on any atom is 0.198 e. The average Bonchev–Trinajstić information content (AvgIpc) is 3.22. The van der Waals surface area contributed by atoms with Crippen molar-refractivity contribution in [3.8, 4) is 11.6 Å². The molecule has 0 unspecified atom stereocenters. The number of nitrogens with zero attached hydrogens (tertiary/aromatic N) is 2. The number of benzene rings is 3. The normalized spacial score (nSPS) is 14.4. The fourth-order valence-corrected chi connectivity index (χ4v) is 4.57. The van der Waals surface area contributed by atoms with Gasteiger partial charge in [0.05, 0.1) is 11.3 Å². The van der Waals surface area contributed by atoms with Crippen LogP contribution in [0.4, 0.5) is 11.4 Å². The molecule has 3 aromatic carbocycles. The fraction of sp³-hybridized carbons (Fsp3) is 0.241. The van der Waals surface area contributed by atoms with Gasteiger partial charge in [-0.1, -0.05) is 30.7 Å². The molecule has 0 bridgehead atoms. The zero-order valence-corrected chi connectivity index (χ0v) is 20.1. The molecule has 0 saturated carbocycles. The van der Waals surface area contributed by atoms with Gasteiger partial charge in [-0.15, -0.1) is 0 Å². The summed E-state index contributed by atoms with van der Waals surface area (Å²) in [6, 6.07) is 19.8. The number of hydrogen-bond donors (Lipinski definition) is 3. The van der Waals surface area contributed by atoms with Gasteiger partial charge in [0.15, 0.2) is 11.7 Å². The number of nitrogens with one attached hydrogen (secondary N) is 1. The van der Waals surface area contributed by atoms with Crippen LogP contribution in [-0.4, -0.2) is 53.2 Å². The van der Waals surface area contributed by atoms with E-state index in [2.05, 4.69) is 14.9 Å². The van der Waals surface area contributed by atoms with Gasteiger partial charge in [-0.05, 0) is 68.4 Å². The SMILES string of the molecule is Nc1cccc(C(=O)c2ccc3c(C=Nc4ccc(OCCN5CCCCC5)cc4)c(O)[nH]c3c2)c1. The van der Waals surface area contributed by atoms with Crippen LogP contribution in [0.5, 0.6) is 11.6 Å². The van der Waals surface area contributed by atoms with Crippen molar-refractivity contribution >= 4 is 34.3 Å². The largest absolute Gasteiger partial charge is 0.494 e. The zero-order chi connectivity index (χ0) is 24.9. The Hall–Kier alpha value is -4.10. The minimum atomic E-state index is -0.133. The predicted molar refractivity (Wildman–Crippen MR) is 144 cm³/mol. The molecule has 4 N–H and O–H groups in total. The second-order valence-electron chi connectivity index (χ2n) is 9.11. The third-order valence-electron chi connectivity index (χ3n) is 6.53. The number of aliphatic imine (C=N–C) groups is 1. The second kappa shape index (κ2) is 10.7. The Morgan fingerprint density at radius 1 is 1.03 bits per heavy atom. The molecule has 1 fully saturated rings. The first kappa shape index (κ1) is 23.6. The molecule has 0 spiro atoms. The topological polar surface area (TPSA) is 104 Å². The molecule has 7 heteroatoms. The van der Waals surface area contributed by atoms with Crippen LogP contribution in [0.2, 0.25) is 0 Å². The first-order chi connectivity index (χ1) is 17.6. The Morgan fingerprint density at radius 3 is 2.58 bits per heavy atom. The Bertz CT molecular complexity index is 1390. The molecule has 1 aliphatic heterocycles. The van der Waals surface area contributed by atoms with Gasteiger partial charge in [-0.25, -0.2) is 0 Å². The lowest BCUT2D eigenvalue weighted by Crippen LogP contribution is -2.33. The monoisotopic (exact) mass is 482 g/mol. The maximum atomic E-state index is 12.8. The van der Waals surface area contributed by atoms with Gasteiger partial charge in [0, 0.05) is 40.5 Å². The van der Waals surface area contributed by atoms with E-state index in [0.717, 1.165) is 36.5 Å². The van der Waals surface area contributed by atoms with E-state index in [0.29, 0.717) is 34.5 Å². The number of piperidine rings is 1. The Kier molecular flexibility index (Phi) is 7.00. The smallest absolute Gasteiger partial charge is 0.198 e. The number of aromatic amines is 1. The van der Waals surface area contributed by atoms with Gasteiger partial charge in [0.1, 0.15) is 12.4 Å². The number of ether oxygens (including phenoxy) is 1. The van der Waals surface area contributed by atoms with Crippen molar-refractivity contribution in [3.05, 3.63) is 83.4 Å². The third kappa shape index (κ3) is 5.42. The van der Waals surface area contributed by atoms with Crippen LogP contribution >= 0.6 is 0 Å². The molecule has 5 rings (SSSR count). The summed E-state index contributed by atoms with van der Waals surface area (Å²) in [4.78, 5) is 22.8. The number of anilines is 1. The average molecular weight is 483 g/mol. The predicted octanol–water partition coefficient (Wildman–Crippen LogP) is 5.30. The van der Waals surface area contributed by atoms with E-state index in [9.17, 15) is 9.90 Å². The van der Waals surface area contributed by atoms with Gasteiger partial charge in [-0.3, -0.25) is 14.7 Å². The Balaban J connectivity index is 1.25. The molecule has 0 radical (unpaired) electrons. The van der Waals surface area contributed by atoms with Gasteiger partial charge in [0.25, 0.3) is 0 Å². The molecule has 1 aromatic heterocycles. The number of nitrogen functional groups attached to an aromatic ring is 1. The van der Waals surface area contributed by atoms with Crippen LogP contribution in [0.15, 0.2) is 71.7 Å². The van der Waals surface area contributed by atoms with E-state index >= 15 is 0 Å². The molecule has 36 heavy (non-hydrogen) atoms. The molecule has 4 aromatic rings. The summed E-state index contributed by atoms with van der Waals surface area (Å²) in [5.41, 5.74) is 9.35. The number of hydrogen-bond acceptors (Lipinski definition) is 6. The zero-order valence-electron chi connectivity index (χ0n) is 20.1. The highest BCUT2D eigenvalue weighted by molar-refractivity contribution is 6.12. The Labute approximate surface area is 210 Å². The number of ketones is 1. The summed E-state index contributed by atoms with van der Waals surface area (Å²) in [6.45, 7) is 3.95.